The van der Waals surface area contributed by atoms with Gasteiger partial charge in [-0.05, 0) is 36.2 Å². The highest BCUT2D eigenvalue weighted by Crippen LogP contribution is 2.22. The van der Waals surface area contributed by atoms with Crippen LogP contribution in [-0.4, -0.2) is 25.5 Å². The van der Waals surface area contributed by atoms with Crippen molar-refractivity contribution in [3.8, 4) is 5.75 Å². The van der Waals surface area contributed by atoms with Crippen LogP contribution in [0.25, 0.3) is 0 Å². The van der Waals surface area contributed by atoms with Crippen LogP contribution >= 0.6 is 0 Å². The molecule has 4 heteroatoms. The smallest absolute Gasteiger partial charge is 0.145 e. The fraction of sp³-hybridized carbons (Fsp3) is 0.417. The van der Waals surface area contributed by atoms with Gasteiger partial charge in [-0.1, -0.05) is 5.16 Å². The summed E-state index contributed by atoms with van der Waals surface area (Å²) >= 11 is 0. The van der Waals surface area contributed by atoms with Crippen LogP contribution < -0.4 is 10.5 Å². The number of nitrogens with two attached hydrogens (primary N) is 1. The molecule has 0 amide bonds. The Kier molecular flexibility index (Phi) is 3.10. The molecular weight excluding hydrogens is 204 g/mol. The molecule has 0 fully saturated rings. The van der Waals surface area contributed by atoms with Crippen LogP contribution in [0.15, 0.2) is 23.4 Å². The van der Waals surface area contributed by atoms with Crippen LogP contribution in [0.5, 0.6) is 5.75 Å². The average Bonchev–Trinajstić information content (AvgIpc) is 2.77. The number of aryl methyl sites for hydroxylation is 1. The summed E-state index contributed by atoms with van der Waals surface area (Å²) in [4.78, 5) is 5.20. The highest BCUT2D eigenvalue weighted by Gasteiger charge is 2.20. The molecule has 0 spiro atoms. The number of nitrogens with zero attached hydrogens (tertiary/aromatic N) is 1. The Labute approximate surface area is 95.0 Å². The SMILES string of the molecule is COc1ccc(C2=NO[C@@H](CN)C2)cc1C. The van der Waals surface area contributed by atoms with Gasteiger partial charge in [0.1, 0.15) is 11.9 Å². The van der Waals surface area contributed by atoms with E-state index in [0.717, 1.165) is 29.0 Å². The predicted octanol–water partition coefficient (Wildman–Crippen LogP) is 1.46. The molecule has 4 nitrogen and oxygen atoms in total. The van der Waals surface area contributed by atoms with Crippen molar-refractivity contribution in [2.24, 2.45) is 10.9 Å². The van der Waals surface area contributed by atoms with Crippen molar-refractivity contribution in [1.82, 2.24) is 0 Å². The largest absolute Gasteiger partial charge is 0.496 e. The summed E-state index contributed by atoms with van der Waals surface area (Å²) in [5.41, 5.74) is 8.66. The summed E-state index contributed by atoms with van der Waals surface area (Å²) in [5, 5.41) is 4.05. The van der Waals surface area contributed by atoms with E-state index in [0.29, 0.717) is 6.54 Å². The lowest BCUT2D eigenvalue weighted by atomic mass is 10.0. The van der Waals surface area contributed by atoms with E-state index >= 15 is 0 Å². The maximum atomic E-state index is 5.53. The van der Waals surface area contributed by atoms with Crippen LogP contribution in [0.4, 0.5) is 0 Å². The fourth-order valence-corrected chi connectivity index (χ4v) is 1.78. The highest BCUT2D eigenvalue weighted by atomic mass is 16.6. The first-order chi connectivity index (χ1) is 7.74. The number of oxime groups is 1. The van der Waals surface area contributed by atoms with Crippen LogP contribution in [0.3, 0.4) is 0 Å². The Morgan fingerprint density at radius 1 is 1.56 bits per heavy atom. The van der Waals surface area contributed by atoms with E-state index in [9.17, 15) is 0 Å². The lowest BCUT2D eigenvalue weighted by Gasteiger charge is -2.06. The predicted molar refractivity (Wildman–Crippen MR) is 62.8 cm³/mol. The van der Waals surface area contributed by atoms with Gasteiger partial charge in [-0.15, -0.1) is 0 Å². The monoisotopic (exact) mass is 220 g/mol. The minimum Gasteiger partial charge on any atom is -0.496 e. The molecule has 0 saturated carbocycles. The quantitative estimate of drug-likeness (QED) is 0.838. The first kappa shape index (κ1) is 11.0. The molecule has 1 atom stereocenters. The molecule has 1 aliphatic rings. The van der Waals surface area contributed by atoms with Gasteiger partial charge in [0.05, 0.1) is 12.8 Å². The molecular formula is C12H16N2O2. The summed E-state index contributed by atoms with van der Waals surface area (Å²) in [6.45, 7) is 2.52. The van der Waals surface area contributed by atoms with Gasteiger partial charge in [0.2, 0.25) is 0 Å². The molecule has 1 aromatic carbocycles. The van der Waals surface area contributed by atoms with E-state index < -0.39 is 0 Å². The third kappa shape index (κ3) is 2.02. The zero-order valence-corrected chi connectivity index (χ0v) is 9.56. The third-order valence-electron chi connectivity index (χ3n) is 2.72. The molecule has 2 rings (SSSR count). The second-order valence-electron chi connectivity index (χ2n) is 3.89. The van der Waals surface area contributed by atoms with Crippen molar-refractivity contribution < 1.29 is 9.57 Å². The first-order valence-electron chi connectivity index (χ1n) is 5.32. The van der Waals surface area contributed by atoms with Crippen molar-refractivity contribution in [3.63, 3.8) is 0 Å². The molecule has 2 N–H and O–H groups in total. The molecule has 0 radical (unpaired) electrons. The Hall–Kier alpha value is -1.55. The molecule has 0 aromatic heterocycles. The average molecular weight is 220 g/mol. The molecule has 1 aliphatic heterocycles. The molecule has 0 unspecified atom stereocenters. The van der Waals surface area contributed by atoms with Crippen LogP contribution in [0.2, 0.25) is 0 Å². The van der Waals surface area contributed by atoms with Crippen LogP contribution in [0, 0.1) is 6.92 Å². The van der Waals surface area contributed by atoms with Gasteiger partial charge in [-0.3, -0.25) is 0 Å². The minimum absolute atomic E-state index is 0.0254. The normalized spacial score (nSPS) is 19.2. The number of methoxy groups -OCH3 is 1. The maximum absolute atomic E-state index is 5.53. The Bertz CT molecular complexity index is 415. The number of rotatable bonds is 3. The van der Waals surface area contributed by atoms with E-state index in [1.165, 1.54) is 0 Å². The lowest BCUT2D eigenvalue weighted by Crippen LogP contribution is -2.20. The Morgan fingerprint density at radius 2 is 2.38 bits per heavy atom. The lowest BCUT2D eigenvalue weighted by molar-refractivity contribution is 0.0918. The molecule has 86 valence electrons. The summed E-state index contributed by atoms with van der Waals surface area (Å²) < 4.78 is 5.21. The van der Waals surface area contributed by atoms with E-state index in [1.54, 1.807) is 7.11 Å². The minimum atomic E-state index is 0.0254. The summed E-state index contributed by atoms with van der Waals surface area (Å²) in [7, 11) is 1.67. The Balaban J connectivity index is 2.20. The molecule has 0 saturated heterocycles. The number of ether oxygens (including phenoxy) is 1. The molecule has 1 aromatic rings. The van der Waals surface area contributed by atoms with Gasteiger partial charge in [-0.2, -0.15) is 0 Å². The first-order valence-corrected chi connectivity index (χ1v) is 5.32. The fourth-order valence-electron chi connectivity index (χ4n) is 1.78. The highest BCUT2D eigenvalue weighted by molar-refractivity contribution is 6.01. The van der Waals surface area contributed by atoms with Crippen molar-refractivity contribution in [2.75, 3.05) is 13.7 Å². The summed E-state index contributed by atoms with van der Waals surface area (Å²) in [5.74, 6) is 0.888. The topological polar surface area (TPSA) is 56.8 Å². The van der Waals surface area contributed by atoms with E-state index in [4.69, 9.17) is 15.3 Å². The number of hydrogen-bond donors (Lipinski definition) is 1. The molecule has 0 aliphatic carbocycles. The Morgan fingerprint density at radius 3 is 2.94 bits per heavy atom. The molecule has 16 heavy (non-hydrogen) atoms. The van der Waals surface area contributed by atoms with Crippen LogP contribution in [0.1, 0.15) is 17.5 Å². The second kappa shape index (κ2) is 4.53. The summed E-state index contributed by atoms with van der Waals surface area (Å²) in [6.07, 6.45) is 0.805. The number of hydrogen-bond acceptors (Lipinski definition) is 4. The van der Waals surface area contributed by atoms with Gasteiger partial charge >= 0.3 is 0 Å². The maximum Gasteiger partial charge on any atom is 0.145 e. The third-order valence-corrected chi connectivity index (χ3v) is 2.72. The molecule has 0 bridgehead atoms. The van der Waals surface area contributed by atoms with Crippen molar-refractivity contribution in [3.05, 3.63) is 29.3 Å². The number of benzene rings is 1. The molecule has 1 heterocycles. The van der Waals surface area contributed by atoms with Gasteiger partial charge < -0.3 is 15.3 Å². The van der Waals surface area contributed by atoms with Gasteiger partial charge in [0.25, 0.3) is 0 Å². The van der Waals surface area contributed by atoms with E-state index in [1.807, 2.05) is 19.1 Å². The second-order valence-corrected chi connectivity index (χ2v) is 3.89. The van der Waals surface area contributed by atoms with Crippen molar-refractivity contribution in [1.29, 1.82) is 0 Å². The van der Waals surface area contributed by atoms with Gasteiger partial charge in [-0.25, -0.2) is 0 Å². The van der Waals surface area contributed by atoms with Crippen LogP contribution in [-0.2, 0) is 4.84 Å². The van der Waals surface area contributed by atoms with E-state index in [2.05, 4.69) is 11.2 Å². The van der Waals surface area contributed by atoms with Crippen molar-refractivity contribution >= 4 is 5.71 Å². The van der Waals surface area contributed by atoms with Crippen molar-refractivity contribution in [2.45, 2.75) is 19.4 Å². The van der Waals surface area contributed by atoms with E-state index in [-0.39, 0.29) is 6.10 Å². The summed E-state index contributed by atoms with van der Waals surface area (Å²) in [6, 6.07) is 6.00. The zero-order valence-electron chi connectivity index (χ0n) is 9.56. The zero-order chi connectivity index (χ0) is 11.5. The van der Waals surface area contributed by atoms with Gasteiger partial charge in [0, 0.05) is 13.0 Å². The van der Waals surface area contributed by atoms with Gasteiger partial charge in [0.15, 0.2) is 0 Å². The standard InChI is InChI=1S/C12H16N2O2/c1-8-5-9(3-4-12(8)15-2)11-6-10(7-13)16-14-11/h3-5,10H,6-7,13H2,1-2H3/t10-/m1/s1.